The maximum absolute atomic E-state index is 13.2. The van der Waals surface area contributed by atoms with E-state index in [1.165, 1.54) is 4.90 Å². The molecule has 2 aliphatic carbocycles. The van der Waals surface area contributed by atoms with E-state index in [-0.39, 0.29) is 18.3 Å². The predicted octanol–water partition coefficient (Wildman–Crippen LogP) is 4.35. The van der Waals surface area contributed by atoms with Gasteiger partial charge in [0.25, 0.3) is 0 Å². The average Bonchev–Trinajstić information content (AvgIpc) is 2.72. The molecular formula is C24H27NO5. The van der Waals surface area contributed by atoms with Gasteiger partial charge in [-0.1, -0.05) is 30.3 Å². The van der Waals surface area contributed by atoms with E-state index < -0.39 is 23.3 Å². The predicted molar refractivity (Wildman–Crippen MR) is 112 cm³/mol. The largest absolute Gasteiger partial charge is 0.508 e. The fraction of sp³-hybridized carbons (Fsp3) is 0.458. The Morgan fingerprint density at radius 3 is 2.67 bits per heavy atom. The molecule has 2 N–H and O–H groups in total. The number of phenolic OH excluding ortho intramolecular Hbond substituents is 1. The number of benzene rings is 2. The van der Waals surface area contributed by atoms with Crippen molar-refractivity contribution in [3.05, 3.63) is 59.2 Å². The van der Waals surface area contributed by atoms with Crippen molar-refractivity contribution in [1.82, 2.24) is 0 Å². The summed E-state index contributed by atoms with van der Waals surface area (Å²) < 4.78 is 11.9. The summed E-state index contributed by atoms with van der Waals surface area (Å²) in [5.41, 5.74) is 0.990. The highest BCUT2D eigenvalue weighted by atomic mass is 16.6. The molecule has 30 heavy (non-hydrogen) atoms. The Morgan fingerprint density at radius 1 is 1.17 bits per heavy atom. The average molecular weight is 409 g/mol. The SMILES string of the molecule is CCOC(=O)N1c2cc(O)ccc2[C@]2(OCC)[C@@H]3CCC[C@]2(O)[C@@H]1c1ccccc13. The number of aliphatic hydroxyl groups is 1. The molecule has 1 fully saturated rings. The van der Waals surface area contributed by atoms with E-state index >= 15 is 0 Å². The maximum atomic E-state index is 13.2. The van der Waals surface area contributed by atoms with Gasteiger partial charge in [-0.3, -0.25) is 4.90 Å². The lowest BCUT2D eigenvalue weighted by Gasteiger charge is -2.65. The van der Waals surface area contributed by atoms with Gasteiger partial charge in [0.2, 0.25) is 0 Å². The van der Waals surface area contributed by atoms with E-state index in [2.05, 4.69) is 6.07 Å². The summed E-state index contributed by atoms with van der Waals surface area (Å²) in [6.45, 7) is 4.33. The first-order valence-corrected chi connectivity index (χ1v) is 10.7. The van der Waals surface area contributed by atoms with Crippen LogP contribution in [0.4, 0.5) is 10.5 Å². The third-order valence-electron chi connectivity index (χ3n) is 7.04. The summed E-state index contributed by atoms with van der Waals surface area (Å²) in [7, 11) is 0. The van der Waals surface area contributed by atoms with Gasteiger partial charge in [0.15, 0.2) is 0 Å². The molecule has 1 amide bonds. The quantitative estimate of drug-likeness (QED) is 0.788. The van der Waals surface area contributed by atoms with Gasteiger partial charge in [0, 0.05) is 24.2 Å². The molecule has 6 heteroatoms. The molecule has 3 aliphatic rings. The Morgan fingerprint density at radius 2 is 1.93 bits per heavy atom. The van der Waals surface area contributed by atoms with Crippen LogP contribution in [0.3, 0.4) is 0 Å². The number of hydrogen-bond donors (Lipinski definition) is 2. The van der Waals surface area contributed by atoms with Gasteiger partial charge in [0.1, 0.15) is 17.0 Å². The number of aromatic hydroxyl groups is 1. The van der Waals surface area contributed by atoms with Gasteiger partial charge in [-0.15, -0.1) is 0 Å². The van der Waals surface area contributed by atoms with E-state index in [9.17, 15) is 15.0 Å². The van der Waals surface area contributed by atoms with Crippen molar-refractivity contribution in [2.24, 2.45) is 0 Å². The standard InChI is InChI=1S/C24H27NO5/c1-3-29-22(27)25-20-14-15(26)11-12-19(20)24(30-4-2)18-10-7-13-23(24,28)21(25)17-9-6-5-8-16(17)18/h5-6,8-9,11-12,14,18,21,26,28H,3-4,7,10,13H2,1-2H3/t18-,21+,23+,24-/m1/s1. The molecule has 0 spiro atoms. The van der Waals surface area contributed by atoms with Crippen LogP contribution in [0, 0.1) is 0 Å². The number of carbonyl (C=O) groups excluding carboxylic acids is 1. The molecule has 1 saturated carbocycles. The Hall–Kier alpha value is -2.57. The summed E-state index contributed by atoms with van der Waals surface area (Å²) in [6.07, 6.45) is 1.70. The molecule has 5 rings (SSSR count). The summed E-state index contributed by atoms with van der Waals surface area (Å²) in [6, 6.07) is 12.3. The highest BCUT2D eigenvalue weighted by Gasteiger charge is 2.71. The number of phenols is 1. The summed E-state index contributed by atoms with van der Waals surface area (Å²) in [5, 5.41) is 22.7. The molecule has 4 atom stereocenters. The fourth-order valence-corrected chi connectivity index (χ4v) is 6.19. The second-order valence-electron chi connectivity index (χ2n) is 8.34. The second kappa shape index (κ2) is 6.72. The van der Waals surface area contributed by atoms with Gasteiger partial charge < -0.3 is 19.7 Å². The number of rotatable bonds is 3. The van der Waals surface area contributed by atoms with E-state index in [4.69, 9.17) is 9.47 Å². The number of anilines is 1. The molecule has 1 aliphatic heterocycles. The van der Waals surface area contributed by atoms with Crippen LogP contribution in [-0.2, 0) is 15.1 Å². The van der Waals surface area contributed by atoms with Gasteiger partial charge in [-0.05, 0) is 50.3 Å². The molecule has 0 radical (unpaired) electrons. The van der Waals surface area contributed by atoms with Crippen LogP contribution in [0.5, 0.6) is 5.75 Å². The molecule has 158 valence electrons. The van der Waals surface area contributed by atoms with Crippen molar-refractivity contribution in [2.75, 3.05) is 18.1 Å². The van der Waals surface area contributed by atoms with Crippen LogP contribution < -0.4 is 4.90 Å². The fourth-order valence-electron chi connectivity index (χ4n) is 6.19. The molecule has 2 aromatic rings. The molecule has 1 heterocycles. The number of hydrogen-bond acceptors (Lipinski definition) is 5. The number of nitrogens with zero attached hydrogens (tertiary/aromatic N) is 1. The van der Waals surface area contributed by atoms with Gasteiger partial charge in [-0.25, -0.2) is 4.79 Å². The van der Waals surface area contributed by atoms with Crippen LogP contribution >= 0.6 is 0 Å². The molecule has 0 saturated heterocycles. The van der Waals surface area contributed by atoms with Crippen LogP contribution in [0.1, 0.15) is 61.8 Å². The topological polar surface area (TPSA) is 79.2 Å². The Balaban J connectivity index is 1.89. The summed E-state index contributed by atoms with van der Waals surface area (Å²) >= 11 is 0. The van der Waals surface area contributed by atoms with Crippen LogP contribution in [0.25, 0.3) is 0 Å². The first-order chi connectivity index (χ1) is 14.5. The molecule has 2 aromatic carbocycles. The summed E-state index contributed by atoms with van der Waals surface area (Å²) in [5.74, 6) is 0.0105. The van der Waals surface area contributed by atoms with Crippen molar-refractivity contribution < 1.29 is 24.5 Å². The first kappa shape index (κ1) is 19.4. The van der Waals surface area contributed by atoms with Crippen molar-refractivity contribution in [3.8, 4) is 5.75 Å². The van der Waals surface area contributed by atoms with Crippen LogP contribution in [0.15, 0.2) is 42.5 Å². The minimum absolute atomic E-state index is 0.0451. The highest BCUT2D eigenvalue weighted by molar-refractivity contribution is 5.92. The van der Waals surface area contributed by atoms with E-state index in [1.54, 1.807) is 25.1 Å². The normalized spacial score (nSPS) is 31.0. The van der Waals surface area contributed by atoms with Crippen molar-refractivity contribution >= 4 is 11.8 Å². The van der Waals surface area contributed by atoms with Gasteiger partial charge in [0.05, 0.1) is 18.3 Å². The zero-order valence-electron chi connectivity index (χ0n) is 17.3. The molecule has 0 aromatic heterocycles. The van der Waals surface area contributed by atoms with Crippen LogP contribution in [-0.4, -0.2) is 35.1 Å². The molecule has 4 bridgehead atoms. The minimum atomic E-state index is -1.31. The number of carbonyl (C=O) groups is 1. The summed E-state index contributed by atoms with van der Waals surface area (Å²) in [4.78, 5) is 14.7. The zero-order chi connectivity index (χ0) is 21.1. The van der Waals surface area contributed by atoms with E-state index in [0.717, 1.165) is 29.5 Å². The number of amides is 1. The molecule has 0 unspecified atom stereocenters. The smallest absolute Gasteiger partial charge is 0.414 e. The number of ether oxygens (including phenoxy) is 2. The Kier molecular flexibility index (Phi) is 4.35. The van der Waals surface area contributed by atoms with E-state index in [1.807, 2.05) is 25.1 Å². The minimum Gasteiger partial charge on any atom is -0.508 e. The lowest BCUT2D eigenvalue weighted by atomic mass is 9.50. The first-order valence-electron chi connectivity index (χ1n) is 10.7. The number of fused-ring (bicyclic) bond motifs is 4. The molecular weight excluding hydrogens is 382 g/mol. The van der Waals surface area contributed by atoms with Gasteiger partial charge >= 0.3 is 6.09 Å². The Bertz CT molecular complexity index is 1010. The third-order valence-corrected chi connectivity index (χ3v) is 7.04. The van der Waals surface area contributed by atoms with Crippen LogP contribution in [0.2, 0.25) is 0 Å². The van der Waals surface area contributed by atoms with E-state index in [0.29, 0.717) is 18.7 Å². The third kappa shape index (κ3) is 2.23. The molecule has 6 nitrogen and oxygen atoms in total. The second-order valence-corrected chi connectivity index (χ2v) is 8.34. The Labute approximate surface area is 176 Å². The van der Waals surface area contributed by atoms with Gasteiger partial charge in [-0.2, -0.15) is 0 Å². The monoisotopic (exact) mass is 409 g/mol. The zero-order valence-corrected chi connectivity index (χ0v) is 17.3. The lowest BCUT2D eigenvalue weighted by Crippen LogP contribution is -2.70. The lowest BCUT2D eigenvalue weighted by molar-refractivity contribution is -0.241. The van der Waals surface area contributed by atoms with Crippen molar-refractivity contribution in [3.63, 3.8) is 0 Å². The highest BCUT2D eigenvalue weighted by Crippen LogP contribution is 2.69. The van der Waals surface area contributed by atoms with Crippen molar-refractivity contribution in [2.45, 2.75) is 56.3 Å². The maximum Gasteiger partial charge on any atom is 0.414 e. The van der Waals surface area contributed by atoms with Crippen molar-refractivity contribution in [1.29, 1.82) is 0 Å².